The molecule has 0 spiro atoms. The third-order valence-electron chi connectivity index (χ3n) is 7.96. The SMILES string of the molecule is Cn1cc(CN2CCC(O)(c3ccc4oc(C(=O)N5CCCCC5)cc4c3)CC2)c2ccccc21. The number of para-hydroxylation sites is 1. The van der Waals surface area contributed by atoms with Crippen molar-refractivity contribution >= 4 is 27.8 Å². The molecule has 2 aliphatic heterocycles. The average molecular weight is 472 g/mol. The molecule has 0 aliphatic carbocycles. The van der Waals surface area contributed by atoms with Crippen LogP contribution < -0.4 is 0 Å². The van der Waals surface area contributed by atoms with Crippen LogP contribution in [0.15, 0.2) is 59.1 Å². The summed E-state index contributed by atoms with van der Waals surface area (Å²) in [5.41, 5.74) is 3.33. The Morgan fingerprint density at radius 1 is 1.00 bits per heavy atom. The lowest BCUT2D eigenvalue weighted by molar-refractivity contribution is -0.0275. The molecule has 4 aromatic rings. The molecule has 6 heteroatoms. The van der Waals surface area contributed by atoms with Gasteiger partial charge in [-0.05, 0) is 67.5 Å². The molecular formula is C29H33N3O3. The van der Waals surface area contributed by atoms with Crippen LogP contribution in [-0.4, -0.2) is 51.6 Å². The first-order chi connectivity index (χ1) is 17.0. The second-order valence-corrected chi connectivity index (χ2v) is 10.3. The van der Waals surface area contributed by atoms with Gasteiger partial charge in [0.2, 0.25) is 0 Å². The van der Waals surface area contributed by atoms with E-state index in [4.69, 9.17) is 4.42 Å². The maximum Gasteiger partial charge on any atom is 0.289 e. The van der Waals surface area contributed by atoms with Gasteiger partial charge in [-0.1, -0.05) is 24.3 Å². The van der Waals surface area contributed by atoms with E-state index in [1.54, 1.807) is 0 Å². The van der Waals surface area contributed by atoms with Crippen molar-refractivity contribution in [3.05, 3.63) is 71.6 Å². The second-order valence-electron chi connectivity index (χ2n) is 10.3. The molecule has 0 radical (unpaired) electrons. The van der Waals surface area contributed by atoms with Crippen molar-refractivity contribution in [3.63, 3.8) is 0 Å². The zero-order chi connectivity index (χ0) is 24.0. The Hall–Kier alpha value is -3.09. The van der Waals surface area contributed by atoms with Gasteiger partial charge in [0.1, 0.15) is 5.58 Å². The summed E-state index contributed by atoms with van der Waals surface area (Å²) >= 11 is 0. The lowest BCUT2D eigenvalue weighted by Gasteiger charge is -2.38. The number of likely N-dealkylation sites (tertiary alicyclic amines) is 2. The molecule has 2 aromatic carbocycles. The van der Waals surface area contributed by atoms with E-state index in [1.807, 2.05) is 29.2 Å². The second kappa shape index (κ2) is 8.85. The van der Waals surface area contributed by atoms with E-state index in [0.717, 1.165) is 56.5 Å². The smallest absolute Gasteiger partial charge is 0.289 e. The maximum absolute atomic E-state index is 12.9. The average Bonchev–Trinajstić information content (AvgIpc) is 3.46. The lowest BCUT2D eigenvalue weighted by atomic mass is 9.84. The molecule has 0 unspecified atom stereocenters. The number of rotatable bonds is 4. The minimum atomic E-state index is -0.863. The number of piperidine rings is 2. The van der Waals surface area contributed by atoms with Gasteiger partial charge >= 0.3 is 0 Å². The van der Waals surface area contributed by atoms with Crippen molar-refractivity contribution in [2.45, 2.75) is 44.2 Å². The number of hydrogen-bond acceptors (Lipinski definition) is 4. The minimum absolute atomic E-state index is 0.0251. The Morgan fingerprint density at radius 2 is 1.77 bits per heavy atom. The molecule has 2 saturated heterocycles. The molecule has 0 saturated carbocycles. The highest BCUT2D eigenvalue weighted by molar-refractivity contribution is 5.96. The Kier molecular flexibility index (Phi) is 5.66. The fourth-order valence-electron chi connectivity index (χ4n) is 5.85. The molecule has 1 amide bonds. The number of furan rings is 1. The Balaban J connectivity index is 1.16. The summed E-state index contributed by atoms with van der Waals surface area (Å²) in [6.45, 7) is 4.16. The van der Waals surface area contributed by atoms with E-state index in [2.05, 4.69) is 47.0 Å². The first-order valence-electron chi connectivity index (χ1n) is 12.8. The van der Waals surface area contributed by atoms with Crippen molar-refractivity contribution in [1.82, 2.24) is 14.4 Å². The van der Waals surface area contributed by atoms with Gasteiger partial charge in [-0.25, -0.2) is 0 Å². The summed E-state index contributed by atoms with van der Waals surface area (Å²) in [6.07, 6.45) is 6.88. The summed E-state index contributed by atoms with van der Waals surface area (Å²) in [4.78, 5) is 17.2. The van der Waals surface area contributed by atoms with Gasteiger partial charge in [-0.2, -0.15) is 0 Å². The number of benzene rings is 2. The van der Waals surface area contributed by atoms with Crippen molar-refractivity contribution in [3.8, 4) is 0 Å². The van der Waals surface area contributed by atoms with Crippen LogP contribution in [0.3, 0.4) is 0 Å². The molecule has 1 N–H and O–H groups in total. The maximum atomic E-state index is 12.9. The van der Waals surface area contributed by atoms with Crippen molar-refractivity contribution < 1.29 is 14.3 Å². The highest BCUT2D eigenvalue weighted by Crippen LogP contribution is 2.36. The number of carbonyl (C=O) groups excluding carboxylic acids is 1. The summed E-state index contributed by atoms with van der Waals surface area (Å²) in [7, 11) is 2.10. The van der Waals surface area contributed by atoms with Crippen LogP contribution in [0.1, 0.15) is 53.8 Å². The zero-order valence-electron chi connectivity index (χ0n) is 20.4. The molecule has 2 aromatic heterocycles. The topological polar surface area (TPSA) is 61.9 Å². The predicted molar refractivity (Wildman–Crippen MR) is 137 cm³/mol. The van der Waals surface area contributed by atoms with Crippen LogP contribution >= 0.6 is 0 Å². The molecule has 6 rings (SSSR count). The summed E-state index contributed by atoms with van der Waals surface area (Å²) in [6, 6.07) is 16.2. The van der Waals surface area contributed by atoms with Gasteiger partial charge in [-0.3, -0.25) is 9.69 Å². The molecule has 35 heavy (non-hydrogen) atoms. The van der Waals surface area contributed by atoms with Crippen molar-refractivity contribution in [2.24, 2.45) is 7.05 Å². The molecule has 0 atom stereocenters. The van der Waals surface area contributed by atoms with Crippen LogP contribution in [-0.2, 0) is 19.2 Å². The molecule has 2 fully saturated rings. The summed E-state index contributed by atoms with van der Waals surface area (Å²) in [5, 5.41) is 13.7. The van der Waals surface area contributed by atoms with E-state index in [1.165, 1.54) is 22.9 Å². The summed E-state index contributed by atoms with van der Waals surface area (Å²) in [5.74, 6) is 0.374. The van der Waals surface area contributed by atoms with E-state index in [9.17, 15) is 9.90 Å². The fourth-order valence-corrected chi connectivity index (χ4v) is 5.85. The zero-order valence-corrected chi connectivity index (χ0v) is 20.4. The molecular weight excluding hydrogens is 438 g/mol. The molecule has 6 nitrogen and oxygen atoms in total. The van der Waals surface area contributed by atoms with E-state index in [0.29, 0.717) is 24.2 Å². The molecule has 2 aliphatic rings. The highest BCUT2D eigenvalue weighted by atomic mass is 16.3. The number of aryl methyl sites for hydroxylation is 1. The Labute approximate surface area is 205 Å². The highest BCUT2D eigenvalue weighted by Gasteiger charge is 2.34. The largest absolute Gasteiger partial charge is 0.451 e. The number of hydrogen-bond donors (Lipinski definition) is 1. The number of aliphatic hydroxyl groups is 1. The minimum Gasteiger partial charge on any atom is -0.451 e. The number of carbonyl (C=O) groups is 1. The fraction of sp³-hybridized carbons (Fsp3) is 0.414. The van der Waals surface area contributed by atoms with Gasteiger partial charge in [-0.15, -0.1) is 0 Å². The molecule has 182 valence electrons. The first kappa shape index (κ1) is 22.4. The van der Waals surface area contributed by atoms with Gasteiger partial charge < -0.3 is 19.0 Å². The van der Waals surface area contributed by atoms with Gasteiger partial charge in [0, 0.05) is 62.3 Å². The van der Waals surface area contributed by atoms with Crippen LogP contribution in [0.4, 0.5) is 0 Å². The van der Waals surface area contributed by atoms with Crippen LogP contribution in [0, 0.1) is 0 Å². The quantitative estimate of drug-likeness (QED) is 0.453. The van der Waals surface area contributed by atoms with Gasteiger partial charge in [0.15, 0.2) is 5.76 Å². The summed E-state index contributed by atoms with van der Waals surface area (Å²) < 4.78 is 8.09. The normalized spacial score (nSPS) is 19.0. The van der Waals surface area contributed by atoms with Crippen molar-refractivity contribution in [1.29, 1.82) is 0 Å². The van der Waals surface area contributed by atoms with Crippen LogP contribution in [0.25, 0.3) is 21.9 Å². The van der Waals surface area contributed by atoms with Crippen LogP contribution in [0.2, 0.25) is 0 Å². The van der Waals surface area contributed by atoms with E-state index >= 15 is 0 Å². The van der Waals surface area contributed by atoms with E-state index in [-0.39, 0.29) is 5.91 Å². The van der Waals surface area contributed by atoms with Gasteiger partial charge in [0.25, 0.3) is 5.91 Å². The van der Waals surface area contributed by atoms with Gasteiger partial charge in [0.05, 0.1) is 5.60 Å². The number of aromatic nitrogens is 1. The molecule has 4 heterocycles. The standard InChI is InChI=1S/C29H33N3O3/c1-30-19-22(24-7-3-4-8-25(24)30)20-31-15-11-29(34,12-16-31)23-9-10-26-21(17-23)18-27(35-26)28(33)32-13-5-2-6-14-32/h3-4,7-10,17-19,34H,2,5-6,11-16,20H2,1H3. The molecule has 0 bridgehead atoms. The Bertz CT molecular complexity index is 1370. The lowest BCUT2D eigenvalue weighted by Crippen LogP contribution is -2.42. The monoisotopic (exact) mass is 471 g/mol. The number of nitrogens with zero attached hydrogens (tertiary/aromatic N) is 3. The predicted octanol–water partition coefficient (Wildman–Crippen LogP) is 5.03. The number of amides is 1. The first-order valence-corrected chi connectivity index (χ1v) is 12.8. The third kappa shape index (κ3) is 4.15. The van der Waals surface area contributed by atoms with Crippen LogP contribution in [0.5, 0.6) is 0 Å². The number of fused-ring (bicyclic) bond motifs is 2. The van der Waals surface area contributed by atoms with Crippen molar-refractivity contribution in [2.75, 3.05) is 26.2 Å². The van der Waals surface area contributed by atoms with E-state index < -0.39 is 5.60 Å². The third-order valence-corrected chi connectivity index (χ3v) is 7.96. The Morgan fingerprint density at radius 3 is 2.57 bits per heavy atom.